The van der Waals surface area contributed by atoms with E-state index in [2.05, 4.69) is 10.9 Å². The summed E-state index contributed by atoms with van der Waals surface area (Å²) in [5, 5.41) is 0. The number of ether oxygens (including phenoxy) is 1. The Morgan fingerprint density at radius 3 is 2.70 bits per heavy atom. The number of hydrogen-bond acceptors (Lipinski definition) is 4. The summed E-state index contributed by atoms with van der Waals surface area (Å²) in [6.45, 7) is 1.71. The summed E-state index contributed by atoms with van der Waals surface area (Å²) >= 11 is 0. The number of nitrogens with two attached hydrogens (primary N) is 1. The molecule has 0 spiro atoms. The molecule has 2 rings (SSSR count). The Kier molecular flexibility index (Phi) is 4.24. The molecule has 2 amide bonds. The van der Waals surface area contributed by atoms with Gasteiger partial charge in [0.15, 0.2) is 0 Å². The van der Waals surface area contributed by atoms with E-state index >= 15 is 0 Å². The number of urea groups is 1. The van der Waals surface area contributed by atoms with Crippen LogP contribution in [0.1, 0.15) is 18.9 Å². The Morgan fingerprint density at radius 1 is 1.35 bits per heavy atom. The van der Waals surface area contributed by atoms with Crippen LogP contribution in [0, 0.1) is 5.92 Å². The molecule has 20 heavy (non-hydrogen) atoms. The summed E-state index contributed by atoms with van der Waals surface area (Å²) in [7, 11) is 0. The fourth-order valence-corrected chi connectivity index (χ4v) is 2.06. The number of allylic oxidation sites excluding steroid dienone is 2. The van der Waals surface area contributed by atoms with E-state index in [0.717, 1.165) is 5.56 Å². The zero-order chi connectivity index (χ0) is 14.5. The molecule has 1 saturated heterocycles. The van der Waals surface area contributed by atoms with Gasteiger partial charge >= 0.3 is 12.0 Å². The Balaban J connectivity index is 2.00. The summed E-state index contributed by atoms with van der Waals surface area (Å²) in [6, 6.07) is 9.08. The molecule has 1 aliphatic rings. The molecule has 0 radical (unpaired) electrons. The Labute approximate surface area is 117 Å². The number of amides is 2. The van der Waals surface area contributed by atoms with Crippen molar-refractivity contribution in [3.8, 4) is 0 Å². The maximum Gasteiger partial charge on any atom is 0.330 e. The quantitative estimate of drug-likeness (QED) is 0.568. The molecule has 0 saturated carbocycles. The van der Waals surface area contributed by atoms with Crippen LogP contribution in [0.5, 0.6) is 0 Å². The average molecular weight is 275 g/mol. The molecule has 0 aliphatic carbocycles. The molecule has 6 heteroatoms. The van der Waals surface area contributed by atoms with Crippen molar-refractivity contribution in [3.63, 3.8) is 0 Å². The average Bonchev–Trinajstić information content (AvgIpc) is 2.79. The van der Waals surface area contributed by atoms with E-state index in [9.17, 15) is 9.59 Å². The van der Waals surface area contributed by atoms with Gasteiger partial charge in [-0.3, -0.25) is 15.6 Å². The highest BCUT2D eigenvalue weighted by Crippen LogP contribution is 2.28. The predicted octanol–water partition coefficient (Wildman–Crippen LogP) is 1.20. The van der Waals surface area contributed by atoms with Gasteiger partial charge < -0.3 is 10.5 Å². The third kappa shape index (κ3) is 3.50. The molecule has 1 aromatic carbocycles. The number of hydrogen-bond donors (Lipinski definition) is 3. The van der Waals surface area contributed by atoms with Gasteiger partial charge in [-0.2, -0.15) is 0 Å². The Hall–Kier alpha value is -2.50. The number of carbonyl (C=O) groups is 2. The van der Waals surface area contributed by atoms with E-state index in [1.165, 1.54) is 0 Å². The third-order valence-corrected chi connectivity index (χ3v) is 3.11. The van der Waals surface area contributed by atoms with Crippen LogP contribution in [-0.2, 0) is 16.0 Å². The van der Waals surface area contributed by atoms with Crippen molar-refractivity contribution in [2.24, 2.45) is 11.7 Å². The molecule has 0 unspecified atom stereocenters. The van der Waals surface area contributed by atoms with Crippen LogP contribution in [0.15, 0.2) is 41.8 Å². The van der Waals surface area contributed by atoms with Gasteiger partial charge in [-0.15, -0.1) is 0 Å². The second-order valence-corrected chi connectivity index (χ2v) is 4.67. The Morgan fingerprint density at radius 2 is 2.05 bits per heavy atom. The maximum atomic E-state index is 11.8. The van der Waals surface area contributed by atoms with E-state index in [-0.39, 0.29) is 11.9 Å². The van der Waals surface area contributed by atoms with Crippen molar-refractivity contribution in [2.75, 3.05) is 0 Å². The molecule has 1 atom stereocenters. The van der Waals surface area contributed by atoms with E-state index in [1.54, 1.807) is 6.92 Å². The Bertz CT molecular complexity index is 540. The van der Waals surface area contributed by atoms with Crippen molar-refractivity contribution in [2.45, 2.75) is 19.8 Å². The summed E-state index contributed by atoms with van der Waals surface area (Å²) in [4.78, 5) is 22.4. The largest absolute Gasteiger partial charge is 0.429 e. The summed E-state index contributed by atoms with van der Waals surface area (Å²) in [5.41, 5.74) is 11.5. The van der Waals surface area contributed by atoms with Crippen LogP contribution in [0.25, 0.3) is 0 Å². The van der Waals surface area contributed by atoms with Crippen molar-refractivity contribution in [3.05, 3.63) is 47.4 Å². The van der Waals surface area contributed by atoms with Crippen LogP contribution in [-0.4, -0.2) is 12.0 Å². The minimum Gasteiger partial charge on any atom is -0.429 e. The number of cyclic esters (lactones) is 1. The van der Waals surface area contributed by atoms with E-state index in [4.69, 9.17) is 10.5 Å². The highest BCUT2D eigenvalue weighted by molar-refractivity contribution is 5.77. The molecule has 1 heterocycles. The standard InChI is InChI=1S/C14H17N3O3/c1-9(16-17-14(15)19)12-8-11(13(18)20-12)7-10-5-3-2-4-6-10/h2-6,11,16H,7-8H2,1H3,(H3,15,17,19)/b12-9-/t11-/m0/s1. The number of benzene rings is 1. The second-order valence-electron chi connectivity index (χ2n) is 4.67. The molecule has 4 N–H and O–H groups in total. The van der Waals surface area contributed by atoms with Gasteiger partial charge in [-0.05, 0) is 18.9 Å². The van der Waals surface area contributed by atoms with Crippen LogP contribution >= 0.6 is 0 Å². The topological polar surface area (TPSA) is 93.5 Å². The lowest BCUT2D eigenvalue weighted by Gasteiger charge is -2.08. The monoisotopic (exact) mass is 275 g/mol. The highest BCUT2D eigenvalue weighted by Gasteiger charge is 2.32. The lowest BCUT2D eigenvalue weighted by Crippen LogP contribution is -2.40. The third-order valence-electron chi connectivity index (χ3n) is 3.11. The molecule has 0 bridgehead atoms. The van der Waals surface area contributed by atoms with Crippen LogP contribution in [0.3, 0.4) is 0 Å². The number of primary amides is 1. The van der Waals surface area contributed by atoms with E-state index in [1.807, 2.05) is 30.3 Å². The number of rotatable bonds is 4. The summed E-state index contributed by atoms with van der Waals surface area (Å²) in [5.74, 6) is 0.0893. The minimum absolute atomic E-state index is 0.197. The zero-order valence-corrected chi connectivity index (χ0v) is 11.2. The first kappa shape index (κ1) is 13.9. The molecular weight excluding hydrogens is 258 g/mol. The predicted molar refractivity (Wildman–Crippen MR) is 72.9 cm³/mol. The van der Waals surface area contributed by atoms with Crippen molar-refractivity contribution in [1.29, 1.82) is 0 Å². The van der Waals surface area contributed by atoms with E-state index < -0.39 is 6.03 Å². The van der Waals surface area contributed by atoms with Gasteiger partial charge in [0.05, 0.1) is 11.6 Å². The van der Waals surface area contributed by atoms with Crippen LogP contribution < -0.4 is 16.6 Å². The van der Waals surface area contributed by atoms with Crippen LogP contribution in [0.2, 0.25) is 0 Å². The SMILES string of the molecule is C/C(NNC(N)=O)=C1\C[C@H](Cc2ccccc2)C(=O)O1. The first-order valence-electron chi connectivity index (χ1n) is 6.33. The van der Waals surface area contributed by atoms with Gasteiger partial charge in [0.25, 0.3) is 0 Å². The van der Waals surface area contributed by atoms with Crippen LogP contribution in [0.4, 0.5) is 4.79 Å². The molecular formula is C14H17N3O3. The lowest BCUT2D eigenvalue weighted by atomic mass is 9.97. The fraction of sp³-hybridized carbons (Fsp3) is 0.286. The fourth-order valence-electron chi connectivity index (χ4n) is 2.06. The zero-order valence-electron chi connectivity index (χ0n) is 11.2. The number of nitrogens with one attached hydrogen (secondary N) is 2. The normalized spacial score (nSPS) is 20.2. The first-order chi connectivity index (χ1) is 9.56. The van der Waals surface area contributed by atoms with Crippen molar-refractivity contribution < 1.29 is 14.3 Å². The van der Waals surface area contributed by atoms with Gasteiger partial charge in [0, 0.05) is 6.42 Å². The number of hydrazine groups is 1. The molecule has 6 nitrogen and oxygen atoms in total. The molecule has 106 valence electrons. The number of esters is 1. The summed E-state index contributed by atoms with van der Waals surface area (Å²) < 4.78 is 5.23. The maximum absolute atomic E-state index is 11.8. The minimum atomic E-state index is -0.699. The van der Waals surface area contributed by atoms with E-state index in [0.29, 0.717) is 24.3 Å². The first-order valence-corrected chi connectivity index (χ1v) is 6.33. The van der Waals surface area contributed by atoms with Gasteiger partial charge in [0.2, 0.25) is 0 Å². The smallest absolute Gasteiger partial charge is 0.330 e. The highest BCUT2D eigenvalue weighted by atomic mass is 16.5. The molecule has 1 aromatic rings. The molecule has 1 aliphatic heterocycles. The molecule has 1 fully saturated rings. The second kappa shape index (κ2) is 6.10. The van der Waals surface area contributed by atoms with Gasteiger partial charge in [-0.1, -0.05) is 30.3 Å². The summed E-state index contributed by atoms with van der Waals surface area (Å²) in [6.07, 6.45) is 1.15. The number of carbonyl (C=O) groups excluding carboxylic acids is 2. The van der Waals surface area contributed by atoms with Crippen molar-refractivity contribution in [1.82, 2.24) is 10.9 Å². The molecule has 0 aromatic heterocycles. The lowest BCUT2D eigenvalue weighted by molar-refractivity contribution is -0.139. The van der Waals surface area contributed by atoms with Gasteiger partial charge in [0.1, 0.15) is 5.76 Å². The van der Waals surface area contributed by atoms with Crippen molar-refractivity contribution >= 4 is 12.0 Å². The van der Waals surface area contributed by atoms with Gasteiger partial charge in [-0.25, -0.2) is 4.79 Å².